The topological polar surface area (TPSA) is 107 Å². The maximum atomic E-state index is 12.1. The average molecular weight is 379 g/mol. The Hall–Kier alpha value is -3.49. The molecule has 1 saturated carbocycles. The second kappa shape index (κ2) is 8.03. The van der Waals surface area contributed by atoms with E-state index in [1.165, 1.54) is 23.3 Å². The van der Waals surface area contributed by atoms with Gasteiger partial charge in [0.1, 0.15) is 24.5 Å². The summed E-state index contributed by atoms with van der Waals surface area (Å²) in [5.74, 6) is 1.61. The zero-order valence-electron chi connectivity index (χ0n) is 15.3. The Bertz CT molecular complexity index is 1010. The molecule has 0 radical (unpaired) electrons. The number of anilines is 1. The van der Waals surface area contributed by atoms with Crippen LogP contribution in [0, 0.1) is 0 Å². The molecule has 3 heterocycles. The summed E-state index contributed by atoms with van der Waals surface area (Å²) in [4.78, 5) is 36.8. The molecule has 1 aliphatic rings. The summed E-state index contributed by atoms with van der Waals surface area (Å²) in [7, 11) is 0. The predicted molar refractivity (Wildman–Crippen MR) is 103 cm³/mol. The van der Waals surface area contributed by atoms with Crippen LogP contribution < -0.4 is 16.2 Å². The van der Waals surface area contributed by atoms with E-state index < -0.39 is 0 Å². The standard InChI is InChI=1S/C19H21N7O2/c27-18(11-26-13-24-15(9-19(26)28)14-3-4-14)21-6-5-20-16-10-17(23-12-22-16)25-7-1-2-8-25/h1-2,7-10,12-14H,3-6,11H2,(H,21,27)(H,20,22,23). The van der Waals surface area contributed by atoms with Crippen molar-refractivity contribution in [2.75, 3.05) is 18.4 Å². The minimum absolute atomic E-state index is 0.0396. The van der Waals surface area contributed by atoms with Gasteiger partial charge in [0.2, 0.25) is 5.91 Å². The van der Waals surface area contributed by atoms with Gasteiger partial charge >= 0.3 is 0 Å². The molecule has 0 atom stereocenters. The maximum absolute atomic E-state index is 12.1. The van der Waals surface area contributed by atoms with E-state index in [-0.39, 0.29) is 18.0 Å². The fourth-order valence-corrected chi connectivity index (χ4v) is 2.84. The van der Waals surface area contributed by atoms with E-state index in [9.17, 15) is 9.59 Å². The number of rotatable bonds is 8. The van der Waals surface area contributed by atoms with Gasteiger partial charge in [-0.2, -0.15) is 0 Å². The number of carbonyl (C=O) groups excluding carboxylic acids is 1. The summed E-state index contributed by atoms with van der Waals surface area (Å²) < 4.78 is 3.21. The number of nitrogens with zero attached hydrogens (tertiary/aromatic N) is 5. The van der Waals surface area contributed by atoms with E-state index in [1.54, 1.807) is 0 Å². The zero-order chi connectivity index (χ0) is 19.3. The zero-order valence-corrected chi connectivity index (χ0v) is 15.3. The maximum Gasteiger partial charge on any atom is 0.254 e. The van der Waals surface area contributed by atoms with Crippen LogP contribution in [0.2, 0.25) is 0 Å². The van der Waals surface area contributed by atoms with Crippen LogP contribution in [0.4, 0.5) is 5.82 Å². The van der Waals surface area contributed by atoms with Crippen LogP contribution in [0.3, 0.4) is 0 Å². The predicted octanol–water partition coefficient (Wildman–Crippen LogP) is 0.930. The molecule has 0 saturated heterocycles. The summed E-state index contributed by atoms with van der Waals surface area (Å²) in [6, 6.07) is 7.20. The summed E-state index contributed by atoms with van der Waals surface area (Å²) in [6.07, 6.45) is 8.92. The minimum atomic E-state index is -0.236. The molecule has 9 nitrogen and oxygen atoms in total. The molecule has 2 N–H and O–H groups in total. The molecule has 0 aliphatic heterocycles. The van der Waals surface area contributed by atoms with Gasteiger partial charge < -0.3 is 15.2 Å². The van der Waals surface area contributed by atoms with Crippen molar-refractivity contribution < 1.29 is 4.79 Å². The number of hydrogen-bond donors (Lipinski definition) is 2. The third-order valence-corrected chi connectivity index (χ3v) is 4.49. The van der Waals surface area contributed by atoms with Crippen LogP contribution in [0.1, 0.15) is 24.5 Å². The normalized spacial score (nSPS) is 13.3. The van der Waals surface area contributed by atoms with E-state index in [0.29, 0.717) is 24.8 Å². The fraction of sp³-hybridized carbons (Fsp3) is 0.316. The monoisotopic (exact) mass is 379 g/mol. The lowest BCUT2D eigenvalue weighted by molar-refractivity contribution is -0.121. The van der Waals surface area contributed by atoms with Gasteiger partial charge in [0.15, 0.2) is 0 Å². The quantitative estimate of drug-likeness (QED) is 0.564. The third kappa shape index (κ3) is 4.43. The van der Waals surface area contributed by atoms with Crippen LogP contribution in [-0.2, 0) is 11.3 Å². The number of nitrogens with one attached hydrogen (secondary N) is 2. The van der Waals surface area contributed by atoms with Crippen LogP contribution in [-0.4, -0.2) is 43.1 Å². The van der Waals surface area contributed by atoms with Crippen LogP contribution >= 0.6 is 0 Å². The van der Waals surface area contributed by atoms with E-state index in [4.69, 9.17) is 0 Å². The van der Waals surface area contributed by atoms with E-state index in [1.807, 2.05) is 35.2 Å². The summed E-state index contributed by atoms with van der Waals surface area (Å²) >= 11 is 0. The van der Waals surface area contributed by atoms with Gasteiger partial charge in [-0.15, -0.1) is 0 Å². The lowest BCUT2D eigenvalue weighted by Gasteiger charge is -2.09. The van der Waals surface area contributed by atoms with Crippen molar-refractivity contribution in [3.8, 4) is 5.82 Å². The number of carbonyl (C=O) groups is 1. The molecule has 9 heteroatoms. The van der Waals surface area contributed by atoms with Crippen LogP contribution in [0.15, 0.2) is 54.1 Å². The van der Waals surface area contributed by atoms with Crippen molar-refractivity contribution in [1.82, 2.24) is 29.4 Å². The molecule has 3 aromatic rings. The number of aromatic nitrogens is 5. The molecule has 3 aromatic heterocycles. The van der Waals surface area contributed by atoms with Crippen molar-refractivity contribution in [3.63, 3.8) is 0 Å². The first-order valence-corrected chi connectivity index (χ1v) is 9.21. The van der Waals surface area contributed by atoms with Crippen molar-refractivity contribution in [3.05, 3.63) is 65.4 Å². The SMILES string of the molecule is O=C(Cn1cnc(C2CC2)cc1=O)NCCNc1cc(-n2cccc2)ncn1. The Labute approximate surface area is 161 Å². The van der Waals surface area contributed by atoms with Gasteiger partial charge in [-0.3, -0.25) is 14.2 Å². The molecule has 0 bridgehead atoms. The largest absolute Gasteiger partial charge is 0.368 e. The Morgan fingerprint density at radius 1 is 1.11 bits per heavy atom. The molecule has 0 unspecified atom stereocenters. The lowest BCUT2D eigenvalue weighted by Crippen LogP contribution is -2.34. The third-order valence-electron chi connectivity index (χ3n) is 4.49. The van der Waals surface area contributed by atoms with Crippen molar-refractivity contribution in [2.24, 2.45) is 0 Å². The average Bonchev–Trinajstić information content (AvgIpc) is 3.41. The van der Waals surface area contributed by atoms with Crippen molar-refractivity contribution in [2.45, 2.75) is 25.3 Å². The summed E-state index contributed by atoms with van der Waals surface area (Å²) in [5.41, 5.74) is 0.638. The van der Waals surface area contributed by atoms with Crippen LogP contribution in [0.5, 0.6) is 0 Å². The van der Waals surface area contributed by atoms with Gasteiger partial charge in [-0.25, -0.2) is 15.0 Å². The van der Waals surface area contributed by atoms with Crippen LogP contribution in [0.25, 0.3) is 5.82 Å². The van der Waals surface area contributed by atoms with E-state index >= 15 is 0 Å². The van der Waals surface area contributed by atoms with E-state index in [0.717, 1.165) is 24.4 Å². The highest BCUT2D eigenvalue weighted by Crippen LogP contribution is 2.38. The molecule has 1 fully saturated rings. The van der Waals surface area contributed by atoms with Crippen molar-refractivity contribution >= 4 is 11.7 Å². The molecule has 28 heavy (non-hydrogen) atoms. The lowest BCUT2D eigenvalue weighted by atomic mass is 10.3. The second-order valence-corrected chi connectivity index (χ2v) is 6.68. The highest BCUT2D eigenvalue weighted by Gasteiger charge is 2.25. The second-order valence-electron chi connectivity index (χ2n) is 6.68. The molecular weight excluding hydrogens is 358 g/mol. The first-order chi connectivity index (χ1) is 13.7. The molecule has 0 spiro atoms. The van der Waals surface area contributed by atoms with Gasteiger partial charge in [0, 0.05) is 43.5 Å². The molecule has 1 amide bonds. The minimum Gasteiger partial charge on any atom is -0.368 e. The summed E-state index contributed by atoms with van der Waals surface area (Å²) in [6.45, 7) is 0.869. The van der Waals surface area contributed by atoms with E-state index in [2.05, 4.69) is 25.6 Å². The van der Waals surface area contributed by atoms with Gasteiger partial charge in [-0.1, -0.05) is 0 Å². The Kier molecular flexibility index (Phi) is 5.14. The van der Waals surface area contributed by atoms with Gasteiger partial charge in [0.25, 0.3) is 5.56 Å². The Balaban J connectivity index is 1.24. The first kappa shape index (κ1) is 17.9. The molecule has 0 aromatic carbocycles. The summed E-state index contributed by atoms with van der Waals surface area (Å²) in [5, 5.41) is 5.93. The molecule has 4 rings (SSSR count). The highest BCUT2D eigenvalue weighted by atomic mass is 16.2. The Morgan fingerprint density at radius 2 is 1.93 bits per heavy atom. The van der Waals surface area contributed by atoms with Crippen molar-refractivity contribution in [1.29, 1.82) is 0 Å². The number of amides is 1. The van der Waals surface area contributed by atoms with Gasteiger partial charge in [0.05, 0.1) is 12.0 Å². The highest BCUT2D eigenvalue weighted by molar-refractivity contribution is 5.75. The first-order valence-electron chi connectivity index (χ1n) is 9.21. The smallest absolute Gasteiger partial charge is 0.254 e. The number of hydrogen-bond acceptors (Lipinski definition) is 6. The molecule has 144 valence electrons. The molecular formula is C19H21N7O2. The molecule has 1 aliphatic carbocycles. The van der Waals surface area contributed by atoms with Gasteiger partial charge in [-0.05, 0) is 25.0 Å². The Morgan fingerprint density at radius 3 is 2.68 bits per heavy atom. The fourth-order valence-electron chi connectivity index (χ4n) is 2.84.